The summed E-state index contributed by atoms with van der Waals surface area (Å²) in [6.07, 6.45) is 2.62. The van der Waals surface area contributed by atoms with Gasteiger partial charge in [0.25, 0.3) is 0 Å². The zero-order valence-corrected chi connectivity index (χ0v) is 20.4. The summed E-state index contributed by atoms with van der Waals surface area (Å²) in [5.74, 6) is 1.39. The summed E-state index contributed by atoms with van der Waals surface area (Å²) in [5, 5.41) is 2.93. The van der Waals surface area contributed by atoms with Crippen molar-refractivity contribution in [2.45, 2.75) is 20.3 Å². The van der Waals surface area contributed by atoms with Crippen molar-refractivity contribution < 1.29 is 21.6 Å². The van der Waals surface area contributed by atoms with E-state index < -0.39 is 20.0 Å². The molecule has 0 aliphatic heterocycles. The number of nitrogens with zero attached hydrogens (tertiary/aromatic N) is 2. The summed E-state index contributed by atoms with van der Waals surface area (Å²) in [6, 6.07) is 5.73. The van der Waals surface area contributed by atoms with Crippen LogP contribution >= 0.6 is 24.0 Å². The predicted octanol–water partition coefficient (Wildman–Crippen LogP) is 1.36. The van der Waals surface area contributed by atoms with Gasteiger partial charge >= 0.3 is 0 Å². The fraction of sp³-hybridized carbons (Fsp3) is 0.562. The Hall–Kier alpha value is -1.28. The SMILES string of the molecule is CC(C)CCN=C(N)NCCOc1ccc(N(S(C)(=O)=O)S(C)(=O)=O)cc1.I. The van der Waals surface area contributed by atoms with Crippen LogP contribution in [0.1, 0.15) is 20.3 Å². The molecule has 0 saturated heterocycles. The minimum atomic E-state index is -3.96. The molecule has 0 fully saturated rings. The van der Waals surface area contributed by atoms with Gasteiger partial charge in [0.2, 0.25) is 20.0 Å². The van der Waals surface area contributed by atoms with Crippen LogP contribution in [0, 0.1) is 5.92 Å². The highest BCUT2D eigenvalue weighted by Crippen LogP contribution is 2.23. The average Bonchev–Trinajstić information content (AvgIpc) is 2.50. The van der Waals surface area contributed by atoms with E-state index in [9.17, 15) is 16.8 Å². The third kappa shape index (κ3) is 9.78. The fourth-order valence-corrected chi connectivity index (χ4v) is 5.12. The molecule has 0 bridgehead atoms. The number of aliphatic imine (C=N–C) groups is 1. The van der Waals surface area contributed by atoms with Gasteiger partial charge in [-0.2, -0.15) is 3.71 Å². The van der Waals surface area contributed by atoms with Crippen LogP contribution < -0.4 is 19.5 Å². The molecule has 0 atom stereocenters. The molecular formula is C16H29IN4O5S2. The molecule has 162 valence electrons. The fourth-order valence-electron chi connectivity index (χ4n) is 2.14. The molecule has 12 heteroatoms. The normalized spacial score (nSPS) is 12.4. The van der Waals surface area contributed by atoms with Gasteiger partial charge in [-0.05, 0) is 36.6 Å². The van der Waals surface area contributed by atoms with E-state index in [0.29, 0.717) is 41.0 Å². The van der Waals surface area contributed by atoms with Gasteiger partial charge in [-0.25, -0.2) is 16.8 Å². The summed E-state index contributed by atoms with van der Waals surface area (Å²) >= 11 is 0. The number of nitrogens with two attached hydrogens (primary N) is 1. The van der Waals surface area contributed by atoms with E-state index in [0.717, 1.165) is 18.9 Å². The minimum absolute atomic E-state index is 0. The molecule has 0 aromatic heterocycles. The topological polar surface area (TPSA) is 131 Å². The second kappa shape index (κ2) is 11.7. The number of benzene rings is 1. The number of anilines is 1. The number of hydrogen-bond donors (Lipinski definition) is 2. The van der Waals surface area contributed by atoms with Crippen molar-refractivity contribution in [2.75, 3.05) is 35.9 Å². The van der Waals surface area contributed by atoms with Crippen molar-refractivity contribution in [3.8, 4) is 5.75 Å². The lowest BCUT2D eigenvalue weighted by atomic mass is 10.1. The Labute approximate surface area is 184 Å². The second-order valence-corrected chi connectivity index (χ2v) is 10.3. The van der Waals surface area contributed by atoms with Gasteiger partial charge in [0.05, 0.1) is 24.7 Å². The Bertz CT molecular complexity index is 808. The highest BCUT2D eigenvalue weighted by Gasteiger charge is 2.27. The Morgan fingerprint density at radius 1 is 1.14 bits per heavy atom. The lowest BCUT2D eigenvalue weighted by Crippen LogP contribution is -2.35. The summed E-state index contributed by atoms with van der Waals surface area (Å²) in [6.45, 7) is 5.64. The molecule has 1 rings (SSSR count). The lowest BCUT2D eigenvalue weighted by molar-refractivity contribution is 0.322. The Kier molecular flexibility index (Phi) is 11.1. The summed E-state index contributed by atoms with van der Waals surface area (Å²) < 4.78 is 52.8. The van der Waals surface area contributed by atoms with Crippen LogP contribution in [-0.4, -0.2) is 55.0 Å². The monoisotopic (exact) mass is 548 g/mol. The van der Waals surface area contributed by atoms with Gasteiger partial charge in [0, 0.05) is 6.54 Å². The van der Waals surface area contributed by atoms with E-state index in [2.05, 4.69) is 24.2 Å². The largest absolute Gasteiger partial charge is 0.492 e. The summed E-state index contributed by atoms with van der Waals surface area (Å²) in [5.41, 5.74) is 5.76. The first-order valence-electron chi connectivity index (χ1n) is 8.38. The third-order valence-corrected chi connectivity index (χ3v) is 6.57. The van der Waals surface area contributed by atoms with Gasteiger partial charge < -0.3 is 15.8 Å². The van der Waals surface area contributed by atoms with Crippen LogP contribution in [-0.2, 0) is 20.0 Å². The molecule has 28 heavy (non-hydrogen) atoms. The standard InChI is InChI=1S/C16H28N4O5S2.HI/c1-13(2)9-10-18-16(17)19-11-12-25-15-7-5-14(6-8-15)20(26(3,21)22)27(4,23)24;/h5-8,13H,9-12H2,1-4H3,(H3,17,18,19);1H. The lowest BCUT2D eigenvalue weighted by Gasteiger charge is -2.19. The molecule has 0 saturated carbocycles. The molecule has 0 aliphatic carbocycles. The Morgan fingerprint density at radius 2 is 1.68 bits per heavy atom. The molecule has 3 N–H and O–H groups in total. The highest BCUT2D eigenvalue weighted by atomic mass is 127. The van der Waals surface area contributed by atoms with Crippen molar-refractivity contribution in [1.82, 2.24) is 5.32 Å². The van der Waals surface area contributed by atoms with E-state index >= 15 is 0 Å². The number of nitrogens with one attached hydrogen (secondary N) is 1. The van der Waals surface area contributed by atoms with Crippen LogP contribution in [0.2, 0.25) is 0 Å². The first kappa shape index (κ1) is 26.7. The highest BCUT2D eigenvalue weighted by molar-refractivity contribution is 14.0. The molecule has 1 aromatic rings. The minimum Gasteiger partial charge on any atom is -0.492 e. The number of halogens is 1. The molecular weight excluding hydrogens is 519 g/mol. The maximum atomic E-state index is 11.7. The van der Waals surface area contributed by atoms with Crippen LogP contribution in [0.15, 0.2) is 29.3 Å². The summed E-state index contributed by atoms with van der Waals surface area (Å²) in [4.78, 5) is 4.19. The zero-order valence-electron chi connectivity index (χ0n) is 16.5. The van der Waals surface area contributed by atoms with Crippen LogP contribution in [0.25, 0.3) is 0 Å². The van der Waals surface area contributed by atoms with Crippen molar-refractivity contribution in [3.05, 3.63) is 24.3 Å². The van der Waals surface area contributed by atoms with Crippen molar-refractivity contribution in [3.63, 3.8) is 0 Å². The van der Waals surface area contributed by atoms with E-state index in [4.69, 9.17) is 10.5 Å². The van der Waals surface area contributed by atoms with E-state index in [1.165, 1.54) is 24.3 Å². The Balaban J connectivity index is 0.00000729. The van der Waals surface area contributed by atoms with Gasteiger partial charge in [-0.15, -0.1) is 24.0 Å². The average molecular weight is 548 g/mol. The van der Waals surface area contributed by atoms with E-state index in [1.54, 1.807) is 0 Å². The maximum absolute atomic E-state index is 11.7. The quantitative estimate of drug-likeness (QED) is 0.195. The number of ether oxygens (including phenoxy) is 1. The number of sulfonamides is 2. The zero-order chi connectivity index (χ0) is 20.7. The molecule has 1 aromatic carbocycles. The molecule has 9 nitrogen and oxygen atoms in total. The molecule has 0 radical (unpaired) electrons. The number of hydrogen-bond acceptors (Lipinski definition) is 6. The third-order valence-electron chi connectivity index (χ3n) is 3.32. The van der Waals surface area contributed by atoms with Crippen molar-refractivity contribution in [2.24, 2.45) is 16.6 Å². The molecule has 0 heterocycles. The van der Waals surface area contributed by atoms with Gasteiger partial charge in [-0.1, -0.05) is 13.8 Å². The van der Waals surface area contributed by atoms with Crippen molar-refractivity contribution >= 4 is 55.7 Å². The predicted molar refractivity (Wildman–Crippen MR) is 123 cm³/mol. The molecule has 0 aliphatic rings. The first-order chi connectivity index (χ1) is 12.4. The van der Waals surface area contributed by atoms with E-state index in [1.807, 2.05) is 0 Å². The number of guanidine groups is 1. The van der Waals surface area contributed by atoms with Crippen LogP contribution in [0.5, 0.6) is 5.75 Å². The van der Waals surface area contributed by atoms with Crippen molar-refractivity contribution in [1.29, 1.82) is 0 Å². The number of rotatable bonds is 10. The Morgan fingerprint density at radius 3 is 2.14 bits per heavy atom. The van der Waals surface area contributed by atoms with Gasteiger partial charge in [0.1, 0.15) is 12.4 Å². The van der Waals surface area contributed by atoms with E-state index in [-0.39, 0.29) is 29.7 Å². The van der Waals surface area contributed by atoms with Crippen LogP contribution in [0.3, 0.4) is 0 Å². The maximum Gasteiger partial charge on any atom is 0.245 e. The molecule has 0 spiro atoms. The van der Waals surface area contributed by atoms with Crippen LogP contribution in [0.4, 0.5) is 5.69 Å². The first-order valence-corrected chi connectivity index (χ1v) is 12.1. The summed E-state index contributed by atoms with van der Waals surface area (Å²) in [7, 11) is -7.93. The molecule has 0 amide bonds. The van der Waals surface area contributed by atoms with Gasteiger partial charge in [0.15, 0.2) is 5.96 Å². The smallest absolute Gasteiger partial charge is 0.245 e. The molecule has 0 unspecified atom stereocenters. The second-order valence-electron chi connectivity index (χ2n) is 6.44. The van der Waals surface area contributed by atoms with Gasteiger partial charge in [-0.3, -0.25) is 4.99 Å².